The number of rotatable bonds is 2. The highest BCUT2D eigenvalue weighted by Crippen LogP contribution is 2.14. The van der Waals surface area contributed by atoms with Crippen molar-refractivity contribution in [2.24, 2.45) is 0 Å². The summed E-state index contributed by atoms with van der Waals surface area (Å²) in [4.78, 5) is 11.6. The molecule has 1 aromatic carbocycles. The predicted molar refractivity (Wildman–Crippen MR) is 63.5 cm³/mol. The van der Waals surface area contributed by atoms with Gasteiger partial charge < -0.3 is 0 Å². The topological polar surface area (TPSA) is 45.8 Å². The van der Waals surface area contributed by atoms with E-state index in [0.29, 0.717) is 17.5 Å². The molecule has 0 saturated carbocycles. The molecule has 0 fully saturated rings. The minimum atomic E-state index is -0.246. The van der Waals surface area contributed by atoms with E-state index in [1.807, 2.05) is 6.07 Å². The lowest BCUT2D eigenvalue weighted by Crippen LogP contribution is -2.15. The number of nitrogens with zero attached hydrogens (tertiary/aromatic N) is 1. The first kappa shape index (κ1) is 11.5. The molecule has 0 amide bonds. The number of hydrogen-bond donors (Lipinski definition) is 1. The molecule has 0 aliphatic carbocycles. The predicted octanol–water partition coefficient (Wildman–Crippen LogP) is 2.12. The van der Waals surface area contributed by atoms with Crippen molar-refractivity contribution in [3.8, 4) is 0 Å². The minimum absolute atomic E-state index is 0.223. The molecule has 0 saturated heterocycles. The first-order valence-electron chi connectivity index (χ1n) is 5.37. The number of H-pyrrole nitrogens is 1. The van der Waals surface area contributed by atoms with Gasteiger partial charge in [0.05, 0.1) is 5.69 Å². The van der Waals surface area contributed by atoms with Gasteiger partial charge in [-0.1, -0.05) is 12.1 Å². The number of halogens is 1. The van der Waals surface area contributed by atoms with Crippen molar-refractivity contribution in [1.82, 2.24) is 10.2 Å². The number of aromatic amines is 1. The lowest BCUT2D eigenvalue weighted by Gasteiger charge is -2.06. The summed E-state index contributed by atoms with van der Waals surface area (Å²) in [5.41, 5.74) is 2.53. The van der Waals surface area contributed by atoms with Gasteiger partial charge in [-0.2, -0.15) is 5.10 Å². The van der Waals surface area contributed by atoms with Crippen molar-refractivity contribution in [2.75, 3.05) is 0 Å². The Bertz CT molecular complexity index is 605. The van der Waals surface area contributed by atoms with Crippen LogP contribution in [0.2, 0.25) is 0 Å². The molecule has 17 heavy (non-hydrogen) atoms. The van der Waals surface area contributed by atoms with Gasteiger partial charge in [0.1, 0.15) is 5.82 Å². The van der Waals surface area contributed by atoms with Crippen molar-refractivity contribution < 1.29 is 4.39 Å². The molecule has 2 aromatic rings. The molecule has 2 rings (SSSR count). The van der Waals surface area contributed by atoms with Crippen LogP contribution < -0.4 is 5.56 Å². The highest BCUT2D eigenvalue weighted by molar-refractivity contribution is 5.32. The first-order chi connectivity index (χ1) is 8.08. The summed E-state index contributed by atoms with van der Waals surface area (Å²) in [7, 11) is 0. The molecule has 3 nitrogen and oxygen atoms in total. The van der Waals surface area contributed by atoms with E-state index in [4.69, 9.17) is 0 Å². The summed E-state index contributed by atoms with van der Waals surface area (Å²) >= 11 is 0. The van der Waals surface area contributed by atoms with Gasteiger partial charge in [0.15, 0.2) is 0 Å². The zero-order valence-electron chi connectivity index (χ0n) is 9.75. The van der Waals surface area contributed by atoms with Gasteiger partial charge in [-0.05, 0) is 37.1 Å². The van der Waals surface area contributed by atoms with Crippen LogP contribution >= 0.6 is 0 Å². The van der Waals surface area contributed by atoms with E-state index in [2.05, 4.69) is 10.2 Å². The summed E-state index contributed by atoms with van der Waals surface area (Å²) in [5.74, 6) is -0.246. The summed E-state index contributed by atoms with van der Waals surface area (Å²) < 4.78 is 13.4. The monoisotopic (exact) mass is 232 g/mol. The van der Waals surface area contributed by atoms with E-state index in [0.717, 1.165) is 11.3 Å². The van der Waals surface area contributed by atoms with Gasteiger partial charge >= 0.3 is 0 Å². The Morgan fingerprint density at radius 3 is 2.82 bits per heavy atom. The fraction of sp³-hybridized carbons (Fsp3) is 0.231. The van der Waals surface area contributed by atoms with E-state index in [1.165, 1.54) is 6.07 Å². The van der Waals surface area contributed by atoms with Crippen LogP contribution in [0.4, 0.5) is 4.39 Å². The third-order valence-corrected chi connectivity index (χ3v) is 2.77. The van der Waals surface area contributed by atoms with Crippen LogP contribution in [0.25, 0.3) is 0 Å². The Morgan fingerprint density at radius 2 is 2.06 bits per heavy atom. The Labute approximate surface area is 98.3 Å². The van der Waals surface area contributed by atoms with Gasteiger partial charge in [0, 0.05) is 12.0 Å². The summed E-state index contributed by atoms with van der Waals surface area (Å²) in [5, 5.41) is 6.23. The first-order valence-corrected chi connectivity index (χ1v) is 5.37. The maximum Gasteiger partial charge on any atom is 0.267 e. The number of aromatic nitrogens is 2. The second-order valence-corrected chi connectivity index (χ2v) is 4.06. The Balaban J connectivity index is 2.41. The van der Waals surface area contributed by atoms with Gasteiger partial charge in [-0.15, -0.1) is 0 Å². The van der Waals surface area contributed by atoms with Gasteiger partial charge in [-0.3, -0.25) is 4.79 Å². The molecule has 1 heterocycles. The van der Waals surface area contributed by atoms with Crippen LogP contribution in [0.5, 0.6) is 0 Å². The average Bonchev–Trinajstić information content (AvgIpc) is 2.30. The molecule has 88 valence electrons. The lowest BCUT2D eigenvalue weighted by molar-refractivity contribution is 0.616. The fourth-order valence-corrected chi connectivity index (χ4v) is 1.74. The molecule has 0 radical (unpaired) electrons. The number of aryl methyl sites for hydroxylation is 1. The molecule has 0 bridgehead atoms. The number of nitrogens with one attached hydrogen (secondary N) is 1. The molecule has 1 aromatic heterocycles. The third-order valence-electron chi connectivity index (χ3n) is 2.77. The Morgan fingerprint density at radius 1 is 1.29 bits per heavy atom. The van der Waals surface area contributed by atoms with Crippen LogP contribution in [0.15, 0.2) is 29.1 Å². The highest BCUT2D eigenvalue weighted by Gasteiger charge is 2.07. The smallest absolute Gasteiger partial charge is 0.267 e. The van der Waals surface area contributed by atoms with Gasteiger partial charge in [-0.25, -0.2) is 9.49 Å². The molecule has 0 unspecified atom stereocenters. The average molecular weight is 232 g/mol. The van der Waals surface area contributed by atoms with Crippen molar-refractivity contribution in [1.29, 1.82) is 0 Å². The van der Waals surface area contributed by atoms with E-state index >= 15 is 0 Å². The van der Waals surface area contributed by atoms with Crippen LogP contribution in [-0.2, 0) is 6.42 Å². The minimum Gasteiger partial charge on any atom is -0.268 e. The Kier molecular flexibility index (Phi) is 3.04. The molecular formula is C13H13FN2O. The fourth-order valence-electron chi connectivity index (χ4n) is 1.74. The van der Waals surface area contributed by atoms with Crippen molar-refractivity contribution >= 4 is 0 Å². The molecule has 0 atom stereocenters. The normalized spacial score (nSPS) is 10.5. The molecule has 4 heteroatoms. The third kappa shape index (κ3) is 2.41. The SMILES string of the molecule is Cc1cc(Cc2cccc(F)c2C)c(=O)[nH]n1. The van der Waals surface area contributed by atoms with Gasteiger partial charge in [0.2, 0.25) is 0 Å². The van der Waals surface area contributed by atoms with Crippen LogP contribution in [0.1, 0.15) is 22.4 Å². The summed E-state index contributed by atoms with van der Waals surface area (Å²) in [6.07, 6.45) is 0.419. The second kappa shape index (κ2) is 4.49. The van der Waals surface area contributed by atoms with Gasteiger partial charge in [0.25, 0.3) is 5.56 Å². The molecule has 0 aliphatic heterocycles. The zero-order valence-corrected chi connectivity index (χ0v) is 9.75. The zero-order chi connectivity index (χ0) is 12.4. The van der Waals surface area contributed by atoms with E-state index in [1.54, 1.807) is 26.0 Å². The lowest BCUT2D eigenvalue weighted by atomic mass is 10.0. The number of hydrogen-bond acceptors (Lipinski definition) is 2. The molecular weight excluding hydrogens is 219 g/mol. The molecule has 1 N–H and O–H groups in total. The molecule has 0 spiro atoms. The van der Waals surface area contributed by atoms with Crippen molar-refractivity contribution in [3.05, 3.63) is 62.8 Å². The summed E-state index contributed by atoms with van der Waals surface area (Å²) in [6, 6.07) is 6.62. The number of benzene rings is 1. The highest BCUT2D eigenvalue weighted by atomic mass is 19.1. The largest absolute Gasteiger partial charge is 0.268 e. The molecule has 0 aliphatic rings. The van der Waals surface area contributed by atoms with Crippen LogP contribution in [0.3, 0.4) is 0 Å². The maximum absolute atomic E-state index is 13.4. The van der Waals surface area contributed by atoms with Crippen LogP contribution in [-0.4, -0.2) is 10.2 Å². The quantitative estimate of drug-likeness (QED) is 0.862. The Hall–Kier alpha value is -1.97. The summed E-state index contributed by atoms with van der Waals surface area (Å²) in [6.45, 7) is 3.52. The second-order valence-electron chi connectivity index (χ2n) is 4.06. The standard InChI is InChI=1S/C13H13FN2O/c1-8-6-11(13(17)16-15-8)7-10-4-3-5-12(14)9(10)2/h3-6H,7H2,1-2H3,(H,16,17). The van der Waals surface area contributed by atoms with E-state index < -0.39 is 0 Å². The van der Waals surface area contributed by atoms with Crippen molar-refractivity contribution in [3.63, 3.8) is 0 Å². The van der Waals surface area contributed by atoms with E-state index in [9.17, 15) is 9.18 Å². The maximum atomic E-state index is 13.4. The van der Waals surface area contributed by atoms with Crippen molar-refractivity contribution in [2.45, 2.75) is 20.3 Å². The van der Waals surface area contributed by atoms with Crippen LogP contribution in [0, 0.1) is 19.7 Å². The van der Waals surface area contributed by atoms with E-state index in [-0.39, 0.29) is 11.4 Å².